The van der Waals surface area contributed by atoms with E-state index in [0.717, 1.165) is 11.1 Å². The number of hydrogen-bond donors (Lipinski definition) is 1. The van der Waals surface area contributed by atoms with Crippen molar-refractivity contribution in [3.63, 3.8) is 0 Å². The molecule has 5 nitrogen and oxygen atoms in total. The maximum absolute atomic E-state index is 12.5. The zero-order valence-electron chi connectivity index (χ0n) is 15.9. The van der Waals surface area contributed by atoms with Crippen LogP contribution in [0.5, 0.6) is 0 Å². The van der Waals surface area contributed by atoms with Crippen LogP contribution in [0.1, 0.15) is 62.2 Å². The number of benzene rings is 1. The lowest BCUT2D eigenvalue weighted by Gasteiger charge is -2.16. The Morgan fingerprint density at radius 2 is 1.73 bits per heavy atom. The van der Waals surface area contributed by atoms with Crippen molar-refractivity contribution < 1.29 is 14.3 Å². The molecule has 0 saturated heterocycles. The predicted molar refractivity (Wildman–Crippen MR) is 102 cm³/mol. The van der Waals surface area contributed by atoms with E-state index in [2.05, 4.69) is 18.8 Å². The molecule has 2 aromatic rings. The standard InChI is InChI=1S/C21H25NO4/c1-12(2)16-8-6-7-9-17(16)18-10-15(11-19(24)26-13(3)4)22-21(25)20(18)14(5)23/h6-10,12-13H,11H2,1-5H3,(H,22,25). The summed E-state index contributed by atoms with van der Waals surface area (Å²) in [5.74, 6) is -0.509. The van der Waals surface area contributed by atoms with Crippen LogP contribution in [0.4, 0.5) is 0 Å². The Labute approximate surface area is 153 Å². The summed E-state index contributed by atoms with van der Waals surface area (Å²) in [4.78, 5) is 39.2. The first-order valence-corrected chi connectivity index (χ1v) is 8.76. The Hall–Kier alpha value is -2.69. The third-order valence-electron chi connectivity index (χ3n) is 4.02. The molecule has 138 valence electrons. The van der Waals surface area contributed by atoms with Gasteiger partial charge in [-0.05, 0) is 43.9 Å². The highest BCUT2D eigenvalue weighted by atomic mass is 16.5. The Morgan fingerprint density at radius 1 is 1.08 bits per heavy atom. The van der Waals surface area contributed by atoms with Crippen LogP contribution in [0, 0.1) is 0 Å². The molecule has 5 heteroatoms. The predicted octanol–water partition coefficient (Wildman–Crippen LogP) is 3.86. The van der Waals surface area contributed by atoms with E-state index in [9.17, 15) is 14.4 Å². The Morgan fingerprint density at radius 3 is 2.31 bits per heavy atom. The van der Waals surface area contributed by atoms with E-state index in [-0.39, 0.29) is 29.8 Å². The molecule has 0 bridgehead atoms. The van der Waals surface area contributed by atoms with Crippen molar-refractivity contribution in [2.24, 2.45) is 0 Å². The Kier molecular flexibility index (Phi) is 6.14. The van der Waals surface area contributed by atoms with Gasteiger partial charge in [-0.3, -0.25) is 14.4 Å². The molecular formula is C21H25NO4. The second-order valence-electron chi connectivity index (χ2n) is 6.93. The largest absolute Gasteiger partial charge is 0.463 e. The summed E-state index contributed by atoms with van der Waals surface area (Å²) in [6.45, 7) is 9.02. The number of Topliss-reactive ketones (excluding diaryl/α,β-unsaturated/α-hetero) is 1. The van der Waals surface area contributed by atoms with Crippen molar-refractivity contribution in [1.29, 1.82) is 0 Å². The third kappa shape index (κ3) is 4.48. The van der Waals surface area contributed by atoms with Crippen LogP contribution < -0.4 is 5.56 Å². The average Bonchev–Trinajstić information content (AvgIpc) is 2.52. The first-order chi connectivity index (χ1) is 12.2. The van der Waals surface area contributed by atoms with Crippen LogP contribution >= 0.6 is 0 Å². The molecule has 0 amide bonds. The van der Waals surface area contributed by atoms with Crippen molar-refractivity contribution in [3.05, 3.63) is 57.5 Å². The summed E-state index contributed by atoms with van der Waals surface area (Å²) in [6, 6.07) is 9.39. The number of rotatable bonds is 6. The van der Waals surface area contributed by atoms with Gasteiger partial charge in [0.15, 0.2) is 5.78 Å². The lowest BCUT2D eigenvalue weighted by Crippen LogP contribution is -2.22. The lowest BCUT2D eigenvalue weighted by molar-refractivity contribution is -0.146. The summed E-state index contributed by atoms with van der Waals surface area (Å²) < 4.78 is 5.15. The molecule has 1 aromatic carbocycles. The van der Waals surface area contributed by atoms with Crippen LogP contribution in [0.3, 0.4) is 0 Å². The van der Waals surface area contributed by atoms with E-state index < -0.39 is 11.5 Å². The Balaban J connectivity index is 2.62. The second kappa shape index (κ2) is 8.13. The molecule has 0 spiro atoms. The van der Waals surface area contributed by atoms with Gasteiger partial charge in [-0.2, -0.15) is 0 Å². The van der Waals surface area contributed by atoms with E-state index in [1.54, 1.807) is 19.9 Å². The van der Waals surface area contributed by atoms with Gasteiger partial charge < -0.3 is 9.72 Å². The van der Waals surface area contributed by atoms with Gasteiger partial charge in [-0.15, -0.1) is 0 Å². The van der Waals surface area contributed by atoms with Gasteiger partial charge in [0.1, 0.15) is 0 Å². The molecule has 0 unspecified atom stereocenters. The van der Waals surface area contributed by atoms with Gasteiger partial charge in [0.05, 0.1) is 18.1 Å². The zero-order valence-corrected chi connectivity index (χ0v) is 15.9. The fraction of sp³-hybridized carbons (Fsp3) is 0.381. The average molecular weight is 355 g/mol. The van der Waals surface area contributed by atoms with Gasteiger partial charge >= 0.3 is 5.97 Å². The number of carbonyl (C=O) groups excluding carboxylic acids is 2. The fourth-order valence-electron chi connectivity index (χ4n) is 2.98. The minimum absolute atomic E-state index is 0.0531. The quantitative estimate of drug-likeness (QED) is 0.630. The van der Waals surface area contributed by atoms with Crippen LogP contribution in [-0.4, -0.2) is 22.8 Å². The number of carbonyl (C=O) groups is 2. The molecule has 0 atom stereocenters. The summed E-state index contributed by atoms with van der Waals surface area (Å²) in [5.41, 5.74) is 2.48. The van der Waals surface area contributed by atoms with Gasteiger partial charge in [0.2, 0.25) is 0 Å². The molecule has 2 rings (SSSR count). The summed E-state index contributed by atoms with van der Waals surface area (Å²) in [7, 11) is 0. The van der Waals surface area contributed by atoms with Crippen LogP contribution in [0.2, 0.25) is 0 Å². The summed E-state index contributed by atoms with van der Waals surface area (Å²) >= 11 is 0. The van der Waals surface area contributed by atoms with Crippen molar-refractivity contribution >= 4 is 11.8 Å². The molecular weight excluding hydrogens is 330 g/mol. The van der Waals surface area contributed by atoms with Gasteiger partial charge in [0.25, 0.3) is 5.56 Å². The normalized spacial score (nSPS) is 11.0. The van der Waals surface area contributed by atoms with Crippen molar-refractivity contribution in [2.75, 3.05) is 0 Å². The molecule has 0 fully saturated rings. The molecule has 0 saturated carbocycles. The smallest absolute Gasteiger partial charge is 0.312 e. The maximum atomic E-state index is 12.5. The van der Waals surface area contributed by atoms with E-state index in [0.29, 0.717) is 11.3 Å². The van der Waals surface area contributed by atoms with E-state index in [1.807, 2.05) is 24.3 Å². The number of ether oxygens (including phenoxy) is 1. The minimum Gasteiger partial charge on any atom is -0.463 e. The number of aromatic amines is 1. The van der Waals surface area contributed by atoms with Crippen LogP contribution in [0.25, 0.3) is 11.1 Å². The maximum Gasteiger partial charge on any atom is 0.312 e. The molecule has 1 aromatic heterocycles. The molecule has 0 radical (unpaired) electrons. The minimum atomic E-state index is -0.485. The monoisotopic (exact) mass is 355 g/mol. The van der Waals surface area contributed by atoms with Gasteiger partial charge in [-0.1, -0.05) is 38.1 Å². The third-order valence-corrected chi connectivity index (χ3v) is 4.02. The topological polar surface area (TPSA) is 76.2 Å². The number of hydrogen-bond acceptors (Lipinski definition) is 4. The van der Waals surface area contributed by atoms with Crippen molar-refractivity contribution in [1.82, 2.24) is 4.98 Å². The number of H-pyrrole nitrogens is 1. The van der Waals surface area contributed by atoms with Gasteiger partial charge in [0, 0.05) is 11.3 Å². The number of pyridine rings is 1. The number of ketones is 1. The number of aromatic nitrogens is 1. The Bertz CT molecular complexity index is 878. The highest BCUT2D eigenvalue weighted by molar-refractivity contribution is 6.01. The van der Waals surface area contributed by atoms with E-state index in [4.69, 9.17) is 4.74 Å². The molecule has 0 aliphatic carbocycles. The molecule has 26 heavy (non-hydrogen) atoms. The summed E-state index contributed by atoms with van der Waals surface area (Å²) in [6.07, 6.45) is -0.283. The first-order valence-electron chi connectivity index (χ1n) is 8.76. The van der Waals surface area contributed by atoms with E-state index in [1.165, 1.54) is 6.92 Å². The van der Waals surface area contributed by atoms with Crippen LogP contribution in [-0.2, 0) is 16.0 Å². The summed E-state index contributed by atoms with van der Waals surface area (Å²) in [5, 5.41) is 0. The SMILES string of the molecule is CC(=O)c1c(-c2ccccc2C(C)C)cc(CC(=O)OC(C)C)[nH]c1=O. The fourth-order valence-corrected chi connectivity index (χ4v) is 2.98. The highest BCUT2D eigenvalue weighted by Crippen LogP contribution is 2.31. The van der Waals surface area contributed by atoms with Crippen molar-refractivity contribution in [2.45, 2.75) is 53.1 Å². The molecule has 0 aliphatic rings. The zero-order chi connectivity index (χ0) is 19.4. The lowest BCUT2D eigenvalue weighted by atomic mass is 9.89. The van der Waals surface area contributed by atoms with Crippen LogP contribution in [0.15, 0.2) is 35.1 Å². The first kappa shape index (κ1) is 19.6. The highest BCUT2D eigenvalue weighted by Gasteiger charge is 2.19. The molecule has 1 heterocycles. The van der Waals surface area contributed by atoms with Crippen molar-refractivity contribution in [3.8, 4) is 11.1 Å². The van der Waals surface area contributed by atoms with E-state index >= 15 is 0 Å². The van der Waals surface area contributed by atoms with Gasteiger partial charge in [-0.25, -0.2) is 0 Å². The number of esters is 1. The molecule has 0 aliphatic heterocycles. The second-order valence-corrected chi connectivity index (χ2v) is 6.93. The molecule has 1 N–H and O–H groups in total. The number of nitrogens with one attached hydrogen (secondary N) is 1.